The summed E-state index contributed by atoms with van der Waals surface area (Å²) in [4.78, 5) is 24.9. The van der Waals surface area contributed by atoms with Crippen LogP contribution in [0.3, 0.4) is 0 Å². The standard InChI is InChI=1S/C27H31N3O3/c1-18(2)14-15-28-26(31)21-10-13-25(19(3)16-21)29-22-6-5-7-23(17-22)30-27(32)20-8-11-24(33-4)12-9-20/h5-13,16-18,29H,14-15H2,1-4H3,(H,28,31)(H,30,32). The molecule has 172 valence electrons. The maximum atomic E-state index is 12.5. The minimum Gasteiger partial charge on any atom is -0.497 e. The van der Waals surface area contributed by atoms with E-state index >= 15 is 0 Å². The van der Waals surface area contributed by atoms with Crippen molar-refractivity contribution in [3.05, 3.63) is 83.4 Å². The summed E-state index contributed by atoms with van der Waals surface area (Å²) < 4.78 is 5.13. The Bertz CT molecular complexity index is 1110. The molecular formula is C27H31N3O3. The number of hydrogen-bond donors (Lipinski definition) is 3. The summed E-state index contributed by atoms with van der Waals surface area (Å²) in [6.07, 6.45) is 0.954. The molecule has 2 amide bonds. The van der Waals surface area contributed by atoms with Crippen LogP contribution >= 0.6 is 0 Å². The topological polar surface area (TPSA) is 79.5 Å². The molecule has 0 aromatic heterocycles. The number of rotatable bonds is 9. The van der Waals surface area contributed by atoms with Gasteiger partial charge in [0.05, 0.1) is 7.11 Å². The van der Waals surface area contributed by atoms with Crippen molar-refractivity contribution in [2.75, 3.05) is 24.3 Å². The Kier molecular flexibility index (Phi) is 8.08. The Morgan fingerprint density at radius 1 is 0.879 bits per heavy atom. The zero-order valence-electron chi connectivity index (χ0n) is 19.6. The van der Waals surface area contributed by atoms with Crippen molar-refractivity contribution in [1.29, 1.82) is 0 Å². The van der Waals surface area contributed by atoms with Crippen LogP contribution in [0, 0.1) is 12.8 Å². The molecule has 3 rings (SSSR count). The van der Waals surface area contributed by atoms with Crippen LogP contribution in [0.5, 0.6) is 5.75 Å². The zero-order valence-corrected chi connectivity index (χ0v) is 19.6. The molecule has 0 atom stereocenters. The molecule has 3 aromatic carbocycles. The lowest BCUT2D eigenvalue weighted by Gasteiger charge is -2.13. The number of hydrogen-bond acceptors (Lipinski definition) is 4. The molecule has 0 fully saturated rings. The van der Waals surface area contributed by atoms with Gasteiger partial charge in [-0.15, -0.1) is 0 Å². The molecule has 3 aromatic rings. The van der Waals surface area contributed by atoms with Gasteiger partial charge < -0.3 is 20.7 Å². The SMILES string of the molecule is COc1ccc(C(=O)Nc2cccc(Nc3ccc(C(=O)NCCC(C)C)cc3C)c2)cc1. The highest BCUT2D eigenvalue weighted by atomic mass is 16.5. The largest absolute Gasteiger partial charge is 0.497 e. The number of amides is 2. The van der Waals surface area contributed by atoms with Crippen LogP contribution in [-0.4, -0.2) is 25.5 Å². The van der Waals surface area contributed by atoms with Crippen LogP contribution in [0.15, 0.2) is 66.7 Å². The highest BCUT2D eigenvalue weighted by molar-refractivity contribution is 6.04. The fourth-order valence-electron chi connectivity index (χ4n) is 3.30. The van der Waals surface area contributed by atoms with E-state index in [1.165, 1.54) is 0 Å². The third kappa shape index (κ3) is 6.84. The van der Waals surface area contributed by atoms with Crippen molar-refractivity contribution < 1.29 is 14.3 Å². The molecule has 3 N–H and O–H groups in total. The molecular weight excluding hydrogens is 414 g/mol. The number of aryl methyl sites for hydroxylation is 1. The van der Waals surface area contributed by atoms with E-state index in [4.69, 9.17) is 4.74 Å². The molecule has 0 heterocycles. The summed E-state index contributed by atoms with van der Waals surface area (Å²) >= 11 is 0. The van der Waals surface area contributed by atoms with E-state index in [-0.39, 0.29) is 11.8 Å². The van der Waals surface area contributed by atoms with Crippen molar-refractivity contribution >= 4 is 28.9 Å². The Hall–Kier alpha value is -3.80. The van der Waals surface area contributed by atoms with E-state index in [0.717, 1.165) is 23.4 Å². The molecule has 0 radical (unpaired) electrons. The van der Waals surface area contributed by atoms with Gasteiger partial charge >= 0.3 is 0 Å². The first kappa shape index (κ1) is 23.9. The molecule has 0 saturated heterocycles. The number of benzene rings is 3. The number of methoxy groups -OCH3 is 1. The van der Waals surface area contributed by atoms with E-state index in [1.54, 1.807) is 31.4 Å². The predicted octanol–water partition coefficient (Wildman–Crippen LogP) is 5.78. The highest BCUT2D eigenvalue weighted by Gasteiger charge is 2.10. The van der Waals surface area contributed by atoms with Crippen LogP contribution < -0.4 is 20.7 Å². The molecule has 6 nitrogen and oxygen atoms in total. The average Bonchev–Trinajstić information content (AvgIpc) is 2.80. The first-order chi connectivity index (χ1) is 15.9. The van der Waals surface area contributed by atoms with Gasteiger partial charge in [0.2, 0.25) is 0 Å². The lowest BCUT2D eigenvalue weighted by Crippen LogP contribution is -2.25. The van der Waals surface area contributed by atoms with E-state index in [2.05, 4.69) is 29.8 Å². The molecule has 0 unspecified atom stereocenters. The van der Waals surface area contributed by atoms with Crippen LogP contribution in [0.2, 0.25) is 0 Å². The number of carbonyl (C=O) groups is 2. The van der Waals surface area contributed by atoms with Crippen molar-refractivity contribution in [2.45, 2.75) is 27.2 Å². The Morgan fingerprint density at radius 3 is 2.24 bits per heavy atom. The number of ether oxygens (including phenoxy) is 1. The van der Waals surface area contributed by atoms with E-state index in [9.17, 15) is 9.59 Å². The Morgan fingerprint density at radius 2 is 1.58 bits per heavy atom. The van der Waals surface area contributed by atoms with Crippen molar-refractivity contribution in [1.82, 2.24) is 5.32 Å². The van der Waals surface area contributed by atoms with Gasteiger partial charge in [-0.25, -0.2) is 0 Å². The summed E-state index contributed by atoms with van der Waals surface area (Å²) in [7, 11) is 1.59. The van der Waals surface area contributed by atoms with E-state index in [1.807, 2.05) is 49.4 Å². The van der Waals surface area contributed by atoms with Gasteiger partial charge in [0.1, 0.15) is 5.75 Å². The monoisotopic (exact) mass is 445 g/mol. The minimum absolute atomic E-state index is 0.0615. The van der Waals surface area contributed by atoms with Gasteiger partial charge in [0.15, 0.2) is 0 Å². The van der Waals surface area contributed by atoms with Crippen LogP contribution in [0.4, 0.5) is 17.1 Å². The number of anilines is 3. The second-order valence-corrected chi connectivity index (χ2v) is 8.36. The molecule has 0 aliphatic carbocycles. The lowest BCUT2D eigenvalue weighted by atomic mass is 10.1. The minimum atomic E-state index is -0.196. The molecule has 0 aliphatic rings. The van der Waals surface area contributed by atoms with Gasteiger partial charge in [-0.05, 0) is 85.5 Å². The Balaban J connectivity index is 1.64. The third-order valence-corrected chi connectivity index (χ3v) is 5.25. The Labute approximate surface area is 195 Å². The normalized spacial score (nSPS) is 10.6. The summed E-state index contributed by atoms with van der Waals surface area (Å²) in [5, 5.41) is 9.25. The van der Waals surface area contributed by atoms with E-state index in [0.29, 0.717) is 35.0 Å². The van der Waals surface area contributed by atoms with Crippen LogP contribution in [0.25, 0.3) is 0 Å². The molecule has 0 saturated carbocycles. The van der Waals surface area contributed by atoms with Gasteiger partial charge in [-0.2, -0.15) is 0 Å². The van der Waals surface area contributed by atoms with Crippen molar-refractivity contribution in [3.8, 4) is 5.75 Å². The number of nitrogens with one attached hydrogen (secondary N) is 3. The molecule has 0 spiro atoms. The van der Waals surface area contributed by atoms with Crippen LogP contribution in [-0.2, 0) is 0 Å². The van der Waals surface area contributed by atoms with Crippen molar-refractivity contribution in [2.24, 2.45) is 5.92 Å². The fourth-order valence-corrected chi connectivity index (χ4v) is 3.30. The van der Waals surface area contributed by atoms with Crippen LogP contribution in [0.1, 0.15) is 46.5 Å². The summed E-state index contributed by atoms with van der Waals surface area (Å²) in [6, 6.07) is 20.0. The van der Waals surface area contributed by atoms with Gasteiger partial charge in [-0.3, -0.25) is 9.59 Å². The van der Waals surface area contributed by atoms with Crippen molar-refractivity contribution in [3.63, 3.8) is 0 Å². The third-order valence-electron chi connectivity index (χ3n) is 5.25. The van der Waals surface area contributed by atoms with E-state index < -0.39 is 0 Å². The van der Waals surface area contributed by atoms with Gasteiger partial charge in [0, 0.05) is 34.7 Å². The molecule has 33 heavy (non-hydrogen) atoms. The average molecular weight is 446 g/mol. The maximum absolute atomic E-state index is 12.5. The molecule has 6 heteroatoms. The predicted molar refractivity (Wildman–Crippen MR) is 134 cm³/mol. The molecule has 0 bridgehead atoms. The van der Waals surface area contributed by atoms with Gasteiger partial charge in [0.25, 0.3) is 11.8 Å². The second-order valence-electron chi connectivity index (χ2n) is 8.36. The first-order valence-corrected chi connectivity index (χ1v) is 11.1. The maximum Gasteiger partial charge on any atom is 0.255 e. The number of carbonyl (C=O) groups excluding carboxylic acids is 2. The summed E-state index contributed by atoms with van der Waals surface area (Å²) in [6.45, 7) is 6.90. The first-order valence-electron chi connectivity index (χ1n) is 11.1. The highest BCUT2D eigenvalue weighted by Crippen LogP contribution is 2.24. The zero-order chi connectivity index (χ0) is 23.8. The second kappa shape index (κ2) is 11.2. The summed E-state index contributed by atoms with van der Waals surface area (Å²) in [5.41, 5.74) is 4.56. The summed E-state index contributed by atoms with van der Waals surface area (Å²) in [5.74, 6) is 0.995. The smallest absolute Gasteiger partial charge is 0.255 e. The lowest BCUT2D eigenvalue weighted by molar-refractivity contribution is 0.0951. The molecule has 0 aliphatic heterocycles. The van der Waals surface area contributed by atoms with Gasteiger partial charge in [-0.1, -0.05) is 19.9 Å². The fraction of sp³-hybridized carbons (Fsp3) is 0.259. The quantitative estimate of drug-likeness (QED) is 0.390.